The third-order valence-electron chi connectivity index (χ3n) is 2.71. The number of benzene rings is 1. The fourth-order valence-corrected chi connectivity index (χ4v) is 1.78. The van der Waals surface area contributed by atoms with E-state index < -0.39 is 0 Å². The van der Waals surface area contributed by atoms with Crippen molar-refractivity contribution in [2.45, 2.75) is 32.7 Å². The summed E-state index contributed by atoms with van der Waals surface area (Å²) in [7, 11) is 1.57. The maximum Gasteiger partial charge on any atom is 0.319 e. The lowest BCUT2D eigenvalue weighted by molar-refractivity contribution is 0.0963. The zero-order chi connectivity index (χ0) is 14.3. The molecule has 0 aromatic heterocycles. The molecule has 19 heavy (non-hydrogen) atoms. The number of rotatable bonds is 5. The van der Waals surface area contributed by atoms with Gasteiger partial charge in [0.15, 0.2) is 0 Å². The quantitative estimate of drug-likeness (QED) is 0.763. The highest BCUT2D eigenvalue weighted by Crippen LogP contribution is 2.10. The first-order chi connectivity index (χ1) is 9.06. The van der Waals surface area contributed by atoms with Crippen LogP contribution < -0.4 is 16.0 Å². The molecule has 5 nitrogen and oxygen atoms in total. The Kier molecular flexibility index (Phi) is 5.85. The third kappa shape index (κ3) is 4.99. The molecule has 3 amide bonds. The maximum absolute atomic E-state index is 11.7. The van der Waals surface area contributed by atoms with Crippen LogP contribution in [0.3, 0.4) is 0 Å². The molecule has 0 aliphatic rings. The van der Waals surface area contributed by atoms with Gasteiger partial charge in [0, 0.05) is 24.3 Å². The Balaban J connectivity index is 2.62. The predicted octanol–water partition coefficient (Wildman–Crippen LogP) is 2.36. The molecule has 1 aromatic rings. The number of hydrogen-bond acceptors (Lipinski definition) is 2. The molecular formula is C14H21N3O2. The molecule has 0 heterocycles. The first kappa shape index (κ1) is 15.0. The van der Waals surface area contributed by atoms with Crippen molar-refractivity contribution >= 4 is 17.6 Å². The number of amides is 3. The van der Waals surface area contributed by atoms with Gasteiger partial charge in [-0.05, 0) is 31.5 Å². The Hall–Kier alpha value is -2.04. The largest absolute Gasteiger partial charge is 0.355 e. The molecule has 0 unspecified atom stereocenters. The number of carbonyl (C=O) groups is 2. The molecule has 0 saturated heterocycles. The summed E-state index contributed by atoms with van der Waals surface area (Å²) in [4.78, 5) is 23.2. The average Bonchev–Trinajstić information content (AvgIpc) is 2.38. The third-order valence-corrected chi connectivity index (χ3v) is 2.71. The topological polar surface area (TPSA) is 70.2 Å². The van der Waals surface area contributed by atoms with Crippen LogP contribution in [0, 0.1) is 0 Å². The van der Waals surface area contributed by atoms with Crippen LogP contribution in [0.25, 0.3) is 0 Å². The first-order valence-electron chi connectivity index (χ1n) is 6.46. The van der Waals surface area contributed by atoms with E-state index in [4.69, 9.17) is 0 Å². The molecule has 5 heteroatoms. The lowest BCUT2D eigenvalue weighted by Gasteiger charge is -2.14. The summed E-state index contributed by atoms with van der Waals surface area (Å²) in [5.41, 5.74) is 1.12. The van der Waals surface area contributed by atoms with Crippen LogP contribution in [0.1, 0.15) is 37.0 Å². The van der Waals surface area contributed by atoms with Gasteiger partial charge in [0.1, 0.15) is 0 Å². The van der Waals surface area contributed by atoms with Crippen molar-refractivity contribution in [3.63, 3.8) is 0 Å². The molecule has 0 radical (unpaired) electrons. The lowest BCUT2D eigenvalue weighted by atomic mass is 10.2. The Morgan fingerprint density at radius 3 is 2.68 bits per heavy atom. The van der Waals surface area contributed by atoms with Gasteiger partial charge in [-0.1, -0.05) is 19.4 Å². The number of hydrogen-bond donors (Lipinski definition) is 3. The van der Waals surface area contributed by atoms with Gasteiger partial charge >= 0.3 is 6.03 Å². The molecule has 3 N–H and O–H groups in total. The van der Waals surface area contributed by atoms with E-state index in [2.05, 4.69) is 22.9 Å². The van der Waals surface area contributed by atoms with Crippen LogP contribution in [0.5, 0.6) is 0 Å². The van der Waals surface area contributed by atoms with E-state index in [1.807, 2.05) is 6.92 Å². The molecular weight excluding hydrogens is 242 g/mol. The first-order valence-corrected chi connectivity index (χ1v) is 6.46. The summed E-state index contributed by atoms with van der Waals surface area (Å²) < 4.78 is 0. The average molecular weight is 263 g/mol. The summed E-state index contributed by atoms with van der Waals surface area (Å²) in [6.45, 7) is 4.03. The van der Waals surface area contributed by atoms with Gasteiger partial charge < -0.3 is 16.0 Å². The summed E-state index contributed by atoms with van der Waals surface area (Å²) in [6, 6.07) is 6.69. The maximum atomic E-state index is 11.7. The SMILES string of the molecule is CCC[C@@H](C)NC(=O)Nc1cccc(C(=O)NC)c1. The van der Waals surface area contributed by atoms with Crippen molar-refractivity contribution in [1.82, 2.24) is 10.6 Å². The van der Waals surface area contributed by atoms with Crippen molar-refractivity contribution < 1.29 is 9.59 Å². The zero-order valence-corrected chi connectivity index (χ0v) is 11.6. The fourth-order valence-electron chi connectivity index (χ4n) is 1.78. The Bertz CT molecular complexity index is 446. The molecule has 0 aliphatic heterocycles. The second-order valence-electron chi connectivity index (χ2n) is 4.45. The van der Waals surface area contributed by atoms with Crippen LogP contribution in [0.4, 0.5) is 10.5 Å². The van der Waals surface area contributed by atoms with Gasteiger partial charge in [-0.25, -0.2) is 4.79 Å². The second kappa shape index (κ2) is 7.41. The molecule has 0 fully saturated rings. The molecule has 104 valence electrons. The van der Waals surface area contributed by atoms with Crippen LogP contribution >= 0.6 is 0 Å². The van der Waals surface area contributed by atoms with E-state index in [-0.39, 0.29) is 18.0 Å². The number of urea groups is 1. The highest BCUT2D eigenvalue weighted by Gasteiger charge is 2.08. The Labute approximate surface area is 113 Å². The van der Waals surface area contributed by atoms with Crippen molar-refractivity contribution in [3.05, 3.63) is 29.8 Å². The Morgan fingerprint density at radius 1 is 1.32 bits per heavy atom. The molecule has 0 spiro atoms. The van der Waals surface area contributed by atoms with Gasteiger partial charge in [-0.3, -0.25) is 4.79 Å². The summed E-state index contributed by atoms with van der Waals surface area (Å²) >= 11 is 0. The zero-order valence-electron chi connectivity index (χ0n) is 11.6. The predicted molar refractivity (Wildman–Crippen MR) is 76.4 cm³/mol. The summed E-state index contributed by atoms with van der Waals surface area (Å²) in [6.07, 6.45) is 1.96. The van der Waals surface area contributed by atoms with E-state index in [0.29, 0.717) is 11.3 Å². The number of nitrogens with one attached hydrogen (secondary N) is 3. The molecule has 0 saturated carbocycles. The smallest absolute Gasteiger partial charge is 0.319 e. The summed E-state index contributed by atoms with van der Waals surface area (Å²) in [5.74, 6) is -0.177. The van der Waals surface area contributed by atoms with E-state index in [0.717, 1.165) is 12.8 Å². The minimum Gasteiger partial charge on any atom is -0.355 e. The van der Waals surface area contributed by atoms with Gasteiger partial charge in [-0.2, -0.15) is 0 Å². The van der Waals surface area contributed by atoms with Gasteiger partial charge in [0.05, 0.1) is 0 Å². The van der Waals surface area contributed by atoms with Gasteiger partial charge in [-0.15, -0.1) is 0 Å². The van der Waals surface area contributed by atoms with E-state index in [1.165, 1.54) is 0 Å². The van der Waals surface area contributed by atoms with E-state index in [9.17, 15) is 9.59 Å². The molecule has 0 aliphatic carbocycles. The number of carbonyl (C=O) groups excluding carboxylic acids is 2. The highest BCUT2D eigenvalue weighted by atomic mass is 16.2. The minimum absolute atomic E-state index is 0.132. The Morgan fingerprint density at radius 2 is 2.05 bits per heavy atom. The van der Waals surface area contributed by atoms with Crippen molar-refractivity contribution in [2.24, 2.45) is 0 Å². The van der Waals surface area contributed by atoms with Gasteiger partial charge in [0.2, 0.25) is 0 Å². The molecule has 1 atom stereocenters. The lowest BCUT2D eigenvalue weighted by Crippen LogP contribution is -2.36. The van der Waals surface area contributed by atoms with Crippen LogP contribution in [0.2, 0.25) is 0 Å². The van der Waals surface area contributed by atoms with Crippen molar-refractivity contribution in [2.75, 3.05) is 12.4 Å². The molecule has 0 bridgehead atoms. The summed E-state index contributed by atoms with van der Waals surface area (Å²) in [5, 5.41) is 8.11. The fraction of sp³-hybridized carbons (Fsp3) is 0.429. The van der Waals surface area contributed by atoms with Crippen LogP contribution in [0.15, 0.2) is 24.3 Å². The number of anilines is 1. The normalized spacial score (nSPS) is 11.5. The van der Waals surface area contributed by atoms with Crippen LogP contribution in [-0.4, -0.2) is 25.0 Å². The molecule has 1 aromatic carbocycles. The van der Waals surface area contributed by atoms with Gasteiger partial charge in [0.25, 0.3) is 5.91 Å². The second-order valence-corrected chi connectivity index (χ2v) is 4.45. The van der Waals surface area contributed by atoms with Crippen molar-refractivity contribution in [3.8, 4) is 0 Å². The van der Waals surface area contributed by atoms with Crippen LogP contribution in [-0.2, 0) is 0 Å². The van der Waals surface area contributed by atoms with Crippen molar-refractivity contribution in [1.29, 1.82) is 0 Å². The van der Waals surface area contributed by atoms with E-state index in [1.54, 1.807) is 31.3 Å². The molecule has 1 rings (SSSR count). The standard InChI is InChI=1S/C14H21N3O2/c1-4-6-10(2)16-14(19)17-12-8-5-7-11(9-12)13(18)15-3/h5,7-10H,4,6H2,1-3H3,(H,15,18)(H2,16,17,19)/t10-/m1/s1. The highest BCUT2D eigenvalue weighted by molar-refractivity contribution is 5.96. The van der Waals surface area contributed by atoms with E-state index >= 15 is 0 Å². The monoisotopic (exact) mass is 263 g/mol. The minimum atomic E-state index is -0.255.